The van der Waals surface area contributed by atoms with Crippen molar-refractivity contribution in [3.63, 3.8) is 0 Å². The van der Waals surface area contributed by atoms with Crippen LogP contribution < -0.4 is 15.8 Å². The molecule has 2 aromatic carbocycles. The van der Waals surface area contributed by atoms with Gasteiger partial charge in [0.2, 0.25) is 0 Å². The summed E-state index contributed by atoms with van der Waals surface area (Å²) in [7, 11) is 0. The van der Waals surface area contributed by atoms with Gasteiger partial charge in [0.1, 0.15) is 5.75 Å². The third-order valence-corrected chi connectivity index (χ3v) is 4.14. The number of hydrogen-bond donors (Lipinski definition) is 2. The molecule has 2 aromatic rings. The number of ether oxygens (including phenoxy) is 1. The highest BCUT2D eigenvalue weighted by atomic mass is 32.2. The van der Waals surface area contributed by atoms with Gasteiger partial charge in [-0.3, -0.25) is 0 Å². The summed E-state index contributed by atoms with van der Waals surface area (Å²) in [5.41, 5.74) is 9.14. The summed E-state index contributed by atoms with van der Waals surface area (Å²) in [5.74, 6) is 0.776. The molecule has 118 valence electrons. The Morgan fingerprint density at radius 1 is 1.18 bits per heavy atom. The van der Waals surface area contributed by atoms with Crippen molar-refractivity contribution >= 4 is 23.1 Å². The number of nitrogen functional groups attached to an aromatic ring is 1. The summed E-state index contributed by atoms with van der Waals surface area (Å²) >= 11 is 1.76. The highest BCUT2D eigenvalue weighted by molar-refractivity contribution is 7.98. The average molecular weight is 316 g/mol. The summed E-state index contributed by atoms with van der Waals surface area (Å²) in [6.07, 6.45) is 4.16. The second-order valence-corrected chi connectivity index (χ2v) is 5.95. The highest BCUT2D eigenvalue weighted by Crippen LogP contribution is 2.23. The molecule has 0 aromatic heterocycles. The Bertz CT molecular complexity index is 601. The maximum atomic E-state index is 5.99. The van der Waals surface area contributed by atoms with Crippen molar-refractivity contribution in [1.29, 1.82) is 0 Å². The molecule has 0 atom stereocenters. The highest BCUT2D eigenvalue weighted by Gasteiger charge is 2.02. The minimum atomic E-state index is 0.641. The van der Waals surface area contributed by atoms with E-state index in [9.17, 15) is 0 Å². The van der Waals surface area contributed by atoms with Crippen molar-refractivity contribution in [2.75, 3.05) is 30.5 Å². The zero-order valence-electron chi connectivity index (χ0n) is 13.3. The molecule has 0 heterocycles. The molecule has 0 aliphatic carbocycles. The number of rotatable bonds is 8. The number of benzene rings is 2. The number of nitrogens with one attached hydrogen (secondary N) is 1. The Hall–Kier alpha value is -1.81. The molecule has 0 radical (unpaired) electrons. The van der Waals surface area contributed by atoms with Crippen LogP contribution in [0.4, 0.5) is 11.4 Å². The number of nitrogens with two attached hydrogens (primary N) is 1. The van der Waals surface area contributed by atoms with Crippen LogP contribution in [0.2, 0.25) is 0 Å². The molecule has 0 unspecified atom stereocenters. The lowest BCUT2D eigenvalue weighted by atomic mass is 10.1. The first-order valence-electron chi connectivity index (χ1n) is 7.62. The topological polar surface area (TPSA) is 47.3 Å². The monoisotopic (exact) mass is 316 g/mol. The minimum Gasteiger partial charge on any atom is -0.492 e. The van der Waals surface area contributed by atoms with Crippen LogP contribution in [-0.2, 0) is 6.42 Å². The Morgan fingerprint density at radius 3 is 2.77 bits per heavy atom. The molecule has 4 heteroatoms. The van der Waals surface area contributed by atoms with Gasteiger partial charge in [-0.1, -0.05) is 12.1 Å². The Balaban J connectivity index is 1.80. The van der Waals surface area contributed by atoms with E-state index in [4.69, 9.17) is 10.5 Å². The Morgan fingerprint density at radius 2 is 2.05 bits per heavy atom. The molecular formula is C18H24N2OS. The lowest BCUT2D eigenvalue weighted by Gasteiger charge is -2.10. The predicted molar refractivity (Wildman–Crippen MR) is 97.1 cm³/mol. The van der Waals surface area contributed by atoms with Crippen LogP contribution >= 0.6 is 11.8 Å². The maximum Gasteiger partial charge on any atom is 0.142 e. The number of thioether (sulfide) groups is 1. The molecule has 0 aliphatic rings. The average Bonchev–Trinajstić information content (AvgIpc) is 2.54. The molecule has 0 amide bonds. The maximum absolute atomic E-state index is 5.99. The van der Waals surface area contributed by atoms with E-state index in [1.807, 2.05) is 19.1 Å². The standard InChI is InChI=1S/C18H24N2OS/c1-3-21-18-10-9-14(12-17(18)19)6-5-11-20-15-7-4-8-16(13-15)22-2/h4,7-10,12-13,20H,3,5-6,11,19H2,1-2H3. The van der Waals surface area contributed by atoms with Gasteiger partial charge in [-0.15, -0.1) is 11.8 Å². The van der Waals surface area contributed by atoms with Crippen molar-refractivity contribution in [3.05, 3.63) is 48.0 Å². The minimum absolute atomic E-state index is 0.641. The first kappa shape index (κ1) is 16.6. The second-order valence-electron chi connectivity index (χ2n) is 5.07. The molecular weight excluding hydrogens is 292 g/mol. The third-order valence-electron chi connectivity index (χ3n) is 3.42. The number of anilines is 2. The Kier molecular flexibility index (Phi) is 6.46. The van der Waals surface area contributed by atoms with Crippen LogP contribution in [-0.4, -0.2) is 19.4 Å². The van der Waals surface area contributed by atoms with Gasteiger partial charge in [-0.05, 0) is 61.9 Å². The number of hydrogen-bond acceptors (Lipinski definition) is 4. The van der Waals surface area contributed by atoms with Crippen molar-refractivity contribution in [1.82, 2.24) is 0 Å². The normalized spacial score (nSPS) is 10.5. The summed E-state index contributed by atoms with van der Waals surface area (Å²) < 4.78 is 5.46. The van der Waals surface area contributed by atoms with E-state index in [-0.39, 0.29) is 0 Å². The van der Waals surface area contributed by atoms with Crippen LogP contribution in [0.1, 0.15) is 18.9 Å². The molecule has 0 fully saturated rings. The third kappa shape index (κ3) is 4.88. The van der Waals surface area contributed by atoms with Crippen LogP contribution in [0.25, 0.3) is 0 Å². The summed E-state index contributed by atoms with van der Waals surface area (Å²) in [6, 6.07) is 14.6. The zero-order chi connectivity index (χ0) is 15.8. The van der Waals surface area contributed by atoms with E-state index in [1.54, 1.807) is 11.8 Å². The molecule has 0 saturated carbocycles. The van der Waals surface area contributed by atoms with Crippen molar-refractivity contribution < 1.29 is 4.74 Å². The van der Waals surface area contributed by atoms with Crippen molar-refractivity contribution in [2.45, 2.75) is 24.7 Å². The van der Waals surface area contributed by atoms with Gasteiger partial charge in [-0.25, -0.2) is 0 Å². The zero-order valence-corrected chi connectivity index (χ0v) is 14.1. The number of aryl methyl sites for hydroxylation is 1. The van der Waals surface area contributed by atoms with Crippen LogP contribution in [0.3, 0.4) is 0 Å². The molecule has 0 saturated heterocycles. The first-order chi connectivity index (χ1) is 10.7. The van der Waals surface area contributed by atoms with Gasteiger partial charge in [0.15, 0.2) is 0 Å². The van der Waals surface area contributed by atoms with Crippen LogP contribution in [0, 0.1) is 0 Å². The fraction of sp³-hybridized carbons (Fsp3) is 0.333. The predicted octanol–water partition coefficient (Wildman–Crippen LogP) is 4.43. The van der Waals surface area contributed by atoms with E-state index in [2.05, 4.69) is 41.9 Å². The first-order valence-corrected chi connectivity index (χ1v) is 8.84. The second kappa shape index (κ2) is 8.59. The summed E-state index contributed by atoms with van der Waals surface area (Å²) in [5, 5.41) is 3.47. The molecule has 2 rings (SSSR count). The van der Waals surface area contributed by atoms with Gasteiger partial charge in [-0.2, -0.15) is 0 Å². The lowest BCUT2D eigenvalue weighted by Crippen LogP contribution is -2.03. The Labute approximate surface area is 137 Å². The van der Waals surface area contributed by atoms with E-state index in [1.165, 1.54) is 16.1 Å². The smallest absolute Gasteiger partial charge is 0.142 e. The fourth-order valence-corrected chi connectivity index (χ4v) is 2.76. The van der Waals surface area contributed by atoms with Crippen LogP contribution in [0.15, 0.2) is 47.4 Å². The van der Waals surface area contributed by atoms with E-state index >= 15 is 0 Å². The largest absolute Gasteiger partial charge is 0.492 e. The molecule has 3 nitrogen and oxygen atoms in total. The summed E-state index contributed by atoms with van der Waals surface area (Å²) in [6.45, 7) is 3.55. The van der Waals surface area contributed by atoms with Gasteiger partial charge in [0.05, 0.1) is 12.3 Å². The van der Waals surface area contributed by atoms with Crippen LogP contribution in [0.5, 0.6) is 5.75 Å². The lowest BCUT2D eigenvalue weighted by molar-refractivity contribution is 0.342. The molecule has 0 bridgehead atoms. The summed E-state index contributed by atoms with van der Waals surface area (Å²) in [4.78, 5) is 1.28. The van der Waals surface area contributed by atoms with E-state index < -0.39 is 0 Å². The quantitative estimate of drug-likeness (QED) is 0.429. The molecule has 0 aliphatic heterocycles. The van der Waals surface area contributed by atoms with Crippen molar-refractivity contribution in [2.24, 2.45) is 0 Å². The SMILES string of the molecule is CCOc1ccc(CCCNc2cccc(SC)c2)cc1N. The fourth-order valence-electron chi connectivity index (χ4n) is 2.30. The van der Waals surface area contributed by atoms with Gasteiger partial charge < -0.3 is 15.8 Å². The van der Waals surface area contributed by atoms with Gasteiger partial charge in [0, 0.05) is 17.1 Å². The molecule has 0 spiro atoms. The van der Waals surface area contributed by atoms with E-state index in [0.717, 1.165) is 30.8 Å². The molecule has 3 N–H and O–H groups in total. The van der Waals surface area contributed by atoms with E-state index in [0.29, 0.717) is 6.61 Å². The molecule has 22 heavy (non-hydrogen) atoms. The van der Waals surface area contributed by atoms with Gasteiger partial charge in [0.25, 0.3) is 0 Å². The van der Waals surface area contributed by atoms with Crippen molar-refractivity contribution in [3.8, 4) is 5.75 Å². The van der Waals surface area contributed by atoms with Gasteiger partial charge >= 0.3 is 0 Å².